The number of para-hydroxylation sites is 1. The third kappa shape index (κ3) is 2.04. The molecule has 4 nitrogen and oxygen atoms in total. The van der Waals surface area contributed by atoms with Crippen molar-refractivity contribution in [3.63, 3.8) is 0 Å². The van der Waals surface area contributed by atoms with Gasteiger partial charge in [-0.2, -0.15) is 0 Å². The SMILES string of the molecule is O=C(O)c1ccccc1C1=Cc2ccccc2ON1. The fourth-order valence-corrected chi connectivity index (χ4v) is 2.02. The summed E-state index contributed by atoms with van der Waals surface area (Å²) in [5.74, 6) is -0.240. The van der Waals surface area contributed by atoms with E-state index in [0.29, 0.717) is 11.3 Å². The summed E-state index contributed by atoms with van der Waals surface area (Å²) in [4.78, 5) is 16.6. The zero-order valence-electron chi connectivity index (χ0n) is 9.96. The van der Waals surface area contributed by atoms with Gasteiger partial charge in [-0.25, -0.2) is 10.3 Å². The molecule has 0 spiro atoms. The van der Waals surface area contributed by atoms with Gasteiger partial charge >= 0.3 is 5.97 Å². The standard InChI is InChI=1S/C15H11NO3/c17-15(18)12-7-3-2-6-11(12)13-9-10-5-1-4-8-14(10)19-16-13/h1-9,16H,(H,17,18). The van der Waals surface area contributed by atoms with Crippen LogP contribution in [0.15, 0.2) is 48.5 Å². The van der Waals surface area contributed by atoms with Gasteiger partial charge in [0.25, 0.3) is 0 Å². The van der Waals surface area contributed by atoms with Gasteiger partial charge in [-0.1, -0.05) is 36.4 Å². The highest BCUT2D eigenvalue weighted by Crippen LogP contribution is 2.28. The Balaban J connectivity index is 2.10. The lowest BCUT2D eigenvalue weighted by Crippen LogP contribution is -2.21. The quantitative estimate of drug-likeness (QED) is 0.864. The van der Waals surface area contributed by atoms with E-state index in [2.05, 4.69) is 5.48 Å². The van der Waals surface area contributed by atoms with Crippen molar-refractivity contribution in [1.29, 1.82) is 0 Å². The van der Waals surface area contributed by atoms with Crippen LogP contribution in [0.3, 0.4) is 0 Å². The van der Waals surface area contributed by atoms with E-state index in [1.54, 1.807) is 24.3 Å². The van der Waals surface area contributed by atoms with Crippen molar-refractivity contribution < 1.29 is 14.7 Å². The van der Waals surface area contributed by atoms with Crippen LogP contribution in [0.5, 0.6) is 5.75 Å². The molecule has 19 heavy (non-hydrogen) atoms. The molecule has 0 radical (unpaired) electrons. The van der Waals surface area contributed by atoms with E-state index in [9.17, 15) is 9.90 Å². The van der Waals surface area contributed by atoms with Crippen LogP contribution in [-0.2, 0) is 0 Å². The van der Waals surface area contributed by atoms with Gasteiger partial charge < -0.3 is 9.94 Å². The number of carboxylic acids is 1. The number of carboxylic acid groups (broad SMARTS) is 1. The first-order valence-corrected chi connectivity index (χ1v) is 5.82. The third-order valence-electron chi connectivity index (χ3n) is 2.94. The molecule has 0 saturated carbocycles. The Hall–Kier alpha value is -2.75. The van der Waals surface area contributed by atoms with Crippen LogP contribution in [-0.4, -0.2) is 11.1 Å². The van der Waals surface area contributed by atoms with Crippen LogP contribution >= 0.6 is 0 Å². The zero-order chi connectivity index (χ0) is 13.2. The monoisotopic (exact) mass is 253 g/mol. The number of fused-ring (bicyclic) bond motifs is 1. The third-order valence-corrected chi connectivity index (χ3v) is 2.94. The number of rotatable bonds is 2. The van der Waals surface area contributed by atoms with E-state index < -0.39 is 5.97 Å². The minimum Gasteiger partial charge on any atom is -0.478 e. The number of hydrogen-bond donors (Lipinski definition) is 2. The number of benzene rings is 2. The summed E-state index contributed by atoms with van der Waals surface area (Å²) in [5.41, 5.74) is 5.18. The molecule has 1 heterocycles. The minimum atomic E-state index is -0.961. The molecule has 2 aromatic rings. The molecule has 3 rings (SSSR count). The highest BCUT2D eigenvalue weighted by atomic mass is 16.6. The summed E-state index contributed by atoms with van der Waals surface area (Å²) < 4.78 is 0. The van der Waals surface area contributed by atoms with Gasteiger partial charge in [0, 0.05) is 11.1 Å². The second-order valence-electron chi connectivity index (χ2n) is 4.15. The first-order valence-electron chi connectivity index (χ1n) is 5.82. The van der Waals surface area contributed by atoms with Gasteiger partial charge in [-0.05, 0) is 18.2 Å². The summed E-state index contributed by atoms with van der Waals surface area (Å²) in [7, 11) is 0. The summed E-state index contributed by atoms with van der Waals surface area (Å²) in [6.45, 7) is 0. The van der Waals surface area contributed by atoms with E-state index in [1.807, 2.05) is 30.3 Å². The molecule has 94 valence electrons. The Morgan fingerprint density at radius 3 is 2.63 bits per heavy atom. The fraction of sp³-hybridized carbons (Fsp3) is 0. The number of nitrogens with one attached hydrogen (secondary N) is 1. The Labute approximate surface area is 109 Å². The molecule has 4 heteroatoms. The van der Waals surface area contributed by atoms with Gasteiger partial charge in [0.05, 0.1) is 11.3 Å². The van der Waals surface area contributed by atoms with Crippen LogP contribution in [0, 0.1) is 0 Å². The fourth-order valence-electron chi connectivity index (χ4n) is 2.02. The number of hydroxylamine groups is 1. The molecule has 1 aliphatic heterocycles. The maximum atomic E-state index is 11.2. The van der Waals surface area contributed by atoms with Gasteiger partial charge in [-0.3, -0.25) is 0 Å². The Kier molecular flexibility index (Phi) is 2.68. The molecular formula is C15H11NO3. The highest BCUT2D eigenvalue weighted by Gasteiger charge is 2.17. The van der Waals surface area contributed by atoms with Crippen LogP contribution in [0.4, 0.5) is 0 Å². The van der Waals surface area contributed by atoms with Gasteiger partial charge in [0.2, 0.25) is 0 Å². The summed E-state index contributed by atoms with van der Waals surface area (Å²) in [5, 5.41) is 9.20. The lowest BCUT2D eigenvalue weighted by Gasteiger charge is -2.19. The molecular weight excluding hydrogens is 242 g/mol. The first-order chi connectivity index (χ1) is 9.25. The smallest absolute Gasteiger partial charge is 0.336 e. The predicted octanol–water partition coefficient (Wildman–Crippen LogP) is 2.78. The van der Waals surface area contributed by atoms with E-state index in [1.165, 1.54) is 0 Å². The lowest BCUT2D eigenvalue weighted by molar-refractivity contribution is 0.0696. The molecule has 0 aromatic heterocycles. The zero-order valence-corrected chi connectivity index (χ0v) is 9.96. The van der Waals surface area contributed by atoms with E-state index in [0.717, 1.165) is 11.3 Å². The summed E-state index contributed by atoms with van der Waals surface area (Å²) in [6.07, 6.45) is 1.88. The predicted molar refractivity (Wildman–Crippen MR) is 71.5 cm³/mol. The largest absolute Gasteiger partial charge is 0.478 e. The van der Waals surface area contributed by atoms with Crippen molar-refractivity contribution in [1.82, 2.24) is 5.48 Å². The van der Waals surface area contributed by atoms with Crippen molar-refractivity contribution in [3.05, 3.63) is 65.2 Å². The van der Waals surface area contributed by atoms with Crippen molar-refractivity contribution in [2.45, 2.75) is 0 Å². The van der Waals surface area contributed by atoms with E-state index >= 15 is 0 Å². The van der Waals surface area contributed by atoms with Gasteiger partial charge in [0.1, 0.15) is 0 Å². The van der Waals surface area contributed by atoms with Crippen LogP contribution in [0.1, 0.15) is 21.5 Å². The lowest BCUT2D eigenvalue weighted by atomic mass is 10.0. The van der Waals surface area contributed by atoms with Crippen molar-refractivity contribution in [2.75, 3.05) is 0 Å². The van der Waals surface area contributed by atoms with Crippen molar-refractivity contribution in [2.24, 2.45) is 0 Å². The second-order valence-corrected chi connectivity index (χ2v) is 4.15. The molecule has 0 fully saturated rings. The molecule has 0 aliphatic carbocycles. The Bertz CT molecular complexity index is 677. The molecule has 0 amide bonds. The molecule has 2 aromatic carbocycles. The Morgan fingerprint density at radius 1 is 1.05 bits per heavy atom. The average Bonchev–Trinajstić information content (AvgIpc) is 2.46. The number of carbonyl (C=O) groups is 1. The molecule has 0 unspecified atom stereocenters. The maximum Gasteiger partial charge on any atom is 0.336 e. The summed E-state index contributed by atoms with van der Waals surface area (Å²) >= 11 is 0. The molecule has 0 atom stereocenters. The van der Waals surface area contributed by atoms with Crippen LogP contribution in [0.25, 0.3) is 11.8 Å². The van der Waals surface area contributed by atoms with Crippen LogP contribution in [0.2, 0.25) is 0 Å². The topological polar surface area (TPSA) is 58.6 Å². The first kappa shape index (κ1) is 11.3. The normalized spacial score (nSPS) is 12.7. The number of aromatic carboxylic acids is 1. The summed E-state index contributed by atoms with van der Waals surface area (Å²) in [6, 6.07) is 14.4. The molecule has 0 bridgehead atoms. The van der Waals surface area contributed by atoms with Crippen LogP contribution < -0.4 is 10.3 Å². The van der Waals surface area contributed by atoms with Crippen molar-refractivity contribution >= 4 is 17.7 Å². The maximum absolute atomic E-state index is 11.2. The highest BCUT2D eigenvalue weighted by molar-refractivity contribution is 5.96. The van der Waals surface area contributed by atoms with E-state index in [-0.39, 0.29) is 5.56 Å². The average molecular weight is 253 g/mol. The molecule has 1 aliphatic rings. The van der Waals surface area contributed by atoms with Gasteiger partial charge in [0.15, 0.2) is 5.75 Å². The molecule has 2 N–H and O–H groups in total. The Morgan fingerprint density at radius 2 is 1.79 bits per heavy atom. The van der Waals surface area contributed by atoms with Crippen molar-refractivity contribution in [3.8, 4) is 5.75 Å². The minimum absolute atomic E-state index is 0.240. The van der Waals surface area contributed by atoms with E-state index in [4.69, 9.17) is 4.84 Å². The second kappa shape index (κ2) is 4.49. The number of hydrogen-bond acceptors (Lipinski definition) is 3. The van der Waals surface area contributed by atoms with Gasteiger partial charge in [-0.15, -0.1) is 0 Å². The molecule has 0 saturated heterocycles.